The summed E-state index contributed by atoms with van der Waals surface area (Å²) in [5, 5.41) is 28.2. The highest BCUT2D eigenvalue weighted by atomic mass is 16.6. The molecule has 1 atom stereocenters. The molecule has 1 aromatic heterocycles. The number of aromatic nitrogens is 2. The number of nitrogens with zero attached hydrogens (tertiary/aromatic N) is 4. The van der Waals surface area contributed by atoms with Crippen LogP contribution >= 0.6 is 0 Å². The fourth-order valence-electron chi connectivity index (χ4n) is 4.21. The Morgan fingerprint density at radius 2 is 2.00 bits per heavy atom. The van der Waals surface area contributed by atoms with Crippen LogP contribution in [0.1, 0.15) is 17.0 Å². The number of ether oxygens (including phenoxy) is 3. The van der Waals surface area contributed by atoms with Crippen LogP contribution in [0.3, 0.4) is 0 Å². The molecule has 5 rings (SSSR count). The molecular weight excluding hydrogens is 468 g/mol. The molecule has 12 nitrogen and oxygen atoms in total. The van der Waals surface area contributed by atoms with E-state index in [2.05, 4.69) is 16.3 Å². The summed E-state index contributed by atoms with van der Waals surface area (Å²) in [6, 6.07) is 14.8. The number of carbonyl (C=O) groups excluding carboxylic acids is 1. The maximum atomic E-state index is 12.4. The number of fused-ring (bicyclic) bond motifs is 1. The van der Waals surface area contributed by atoms with E-state index in [0.717, 1.165) is 0 Å². The Hall–Kier alpha value is -4.89. The van der Waals surface area contributed by atoms with E-state index in [1.54, 1.807) is 41.3 Å². The van der Waals surface area contributed by atoms with Gasteiger partial charge in [-0.05, 0) is 17.7 Å². The second-order valence-electron chi connectivity index (χ2n) is 8.09. The van der Waals surface area contributed by atoms with Gasteiger partial charge < -0.3 is 24.8 Å². The number of nitrogens with one attached hydrogen (secondary N) is 1. The van der Waals surface area contributed by atoms with Crippen LogP contribution in [0, 0.1) is 21.4 Å². The standard InChI is InChI=1S/C24H20N6O6/c25-13-18-19(14-4-6-17(7-5-14)35-24(31)29-8-10-34-11-9-29)20-21(27-28-23(20)36-22(18)26)15-2-1-3-16(12-15)30(32)33/h1-7,12,19H,8-11,26H2,(H,27,28). The number of nitro groups is 1. The predicted octanol–water partition coefficient (Wildman–Crippen LogP) is 3.03. The zero-order valence-corrected chi connectivity index (χ0v) is 18.8. The van der Waals surface area contributed by atoms with E-state index in [9.17, 15) is 20.2 Å². The number of morpholine rings is 1. The summed E-state index contributed by atoms with van der Waals surface area (Å²) in [6.07, 6.45) is -0.468. The molecule has 1 saturated heterocycles. The number of nitro benzene ring substituents is 1. The molecule has 2 aliphatic heterocycles. The fraction of sp³-hybridized carbons (Fsp3) is 0.208. The van der Waals surface area contributed by atoms with Crippen molar-refractivity contribution >= 4 is 11.8 Å². The maximum absolute atomic E-state index is 12.4. The van der Waals surface area contributed by atoms with Crippen LogP contribution in [0.2, 0.25) is 0 Å². The number of amides is 1. The number of nitrogens with two attached hydrogens (primary N) is 1. The Morgan fingerprint density at radius 1 is 1.25 bits per heavy atom. The molecular formula is C24H20N6O6. The zero-order chi connectivity index (χ0) is 25.2. The van der Waals surface area contributed by atoms with Gasteiger partial charge in [0, 0.05) is 30.8 Å². The third-order valence-corrected chi connectivity index (χ3v) is 5.97. The Morgan fingerprint density at radius 3 is 2.69 bits per heavy atom. The first kappa shape index (κ1) is 22.9. The topological polar surface area (TPSA) is 170 Å². The minimum absolute atomic E-state index is 0.0880. The van der Waals surface area contributed by atoms with Crippen molar-refractivity contribution < 1.29 is 23.9 Å². The number of carbonyl (C=O) groups is 1. The average molecular weight is 488 g/mol. The van der Waals surface area contributed by atoms with E-state index >= 15 is 0 Å². The summed E-state index contributed by atoms with van der Waals surface area (Å²) in [7, 11) is 0. The highest BCUT2D eigenvalue weighted by Gasteiger charge is 2.36. The van der Waals surface area contributed by atoms with Crippen molar-refractivity contribution in [3.05, 3.63) is 81.2 Å². The van der Waals surface area contributed by atoms with Gasteiger partial charge in [0.1, 0.15) is 17.4 Å². The molecule has 36 heavy (non-hydrogen) atoms. The number of hydrogen-bond donors (Lipinski definition) is 2. The van der Waals surface area contributed by atoms with Gasteiger partial charge in [-0.25, -0.2) is 4.79 Å². The van der Waals surface area contributed by atoms with Crippen molar-refractivity contribution in [3.63, 3.8) is 0 Å². The SMILES string of the molecule is N#CC1=C(N)Oc2n[nH]c(-c3cccc([N+](=O)[O-])c3)c2C1c1ccc(OC(=O)N2CCOCC2)cc1. The maximum Gasteiger partial charge on any atom is 0.415 e. The van der Waals surface area contributed by atoms with Gasteiger partial charge >= 0.3 is 6.09 Å². The molecule has 12 heteroatoms. The van der Waals surface area contributed by atoms with Gasteiger partial charge in [0.2, 0.25) is 11.8 Å². The normalized spacial score (nSPS) is 17.1. The first-order valence-corrected chi connectivity index (χ1v) is 11.0. The molecule has 3 aromatic rings. The lowest BCUT2D eigenvalue weighted by Gasteiger charge is -2.26. The molecule has 1 amide bonds. The molecule has 3 N–H and O–H groups in total. The first-order chi connectivity index (χ1) is 17.5. The van der Waals surface area contributed by atoms with Crippen LogP contribution in [0.25, 0.3) is 11.3 Å². The Kier molecular flexibility index (Phi) is 5.97. The monoisotopic (exact) mass is 488 g/mol. The molecule has 2 aliphatic rings. The molecule has 1 fully saturated rings. The zero-order valence-electron chi connectivity index (χ0n) is 18.8. The summed E-state index contributed by atoms with van der Waals surface area (Å²) >= 11 is 0. The Balaban J connectivity index is 1.50. The van der Waals surface area contributed by atoms with Gasteiger partial charge in [-0.2, -0.15) is 5.26 Å². The number of benzene rings is 2. The van der Waals surface area contributed by atoms with E-state index in [0.29, 0.717) is 54.4 Å². The summed E-state index contributed by atoms with van der Waals surface area (Å²) in [4.78, 5) is 24.8. The van der Waals surface area contributed by atoms with Gasteiger partial charge in [0.15, 0.2) is 0 Å². The van der Waals surface area contributed by atoms with Crippen LogP contribution in [0.4, 0.5) is 10.5 Å². The summed E-state index contributed by atoms with van der Waals surface area (Å²) < 4.78 is 16.3. The van der Waals surface area contributed by atoms with Crippen molar-refractivity contribution in [1.82, 2.24) is 15.1 Å². The van der Waals surface area contributed by atoms with E-state index < -0.39 is 16.9 Å². The van der Waals surface area contributed by atoms with E-state index in [1.165, 1.54) is 12.1 Å². The second kappa shape index (κ2) is 9.40. The number of nitriles is 1. The van der Waals surface area contributed by atoms with Crippen molar-refractivity contribution in [3.8, 4) is 29.0 Å². The third kappa shape index (κ3) is 4.19. The molecule has 0 saturated carbocycles. The largest absolute Gasteiger partial charge is 0.420 e. The highest BCUT2D eigenvalue weighted by molar-refractivity contribution is 5.73. The number of H-pyrrole nitrogens is 1. The molecule has 2 aromatic carbocycles. The Bertz CT molecular complexity index is 1400. The minimum atomic E-state index is -0.671. The van der Waals surface area contributed by atoms with E-state index in [1.807, 2.05) is 0 Å². The minimum Gasteiger partial charge on any atom is -0.420 e. The predicted molar refractivity (Wildman–Crippen MR) is 125 cm³/mol. The third-order valence-electron chi connectivity index (χ3n) is 5.97. The molecule has 0 radical (unpaired) electrons. The number of non-ortho nitro benzene ring substituents is 1. The second-order valence-corrected chi connectivity index (χ2v) is 8.09. The van der Waals surface area contributed by atoms with Gasteiger partial charge in [0.25, 0.3) is 5.69 Å². The van der Waals surface area contributed by atoms with Crippen LogP contribution in [0.15, 0.2) is 60.0 Å². The van der Waals surface area contributed by atoms with Crippen molar-refractivity contribution in [2.24, 2.45) is 5.73 Å². The quantitative estimate of drug-likeness (QED) is 0.414. The number of rotatable bonds is 4. The number of allylic oxidation sites excluding steroid dienone is 1. The van der Waals surface area contributed by atoms with Crippen molar-refractivity contribution in [2.75, 3.05) is 26.3 Å². The average Bonchev–Trinajstić information content (AvgIpc) is 3.32. The first-order valence-electron chi connectivity index (χ1n) is 11.0. The Labute approximate surface area is 204 Å². The highest BCUT2D eigenvalue weighted by Crippen LogP contribution is 2.46. The number of hydrogen-bond acceptors (Lipinski definition) is 9. The summed E-state index contributed by atoms with van der Waals surface area (Å²) in [5.41, 5.74) is 8.24. The van der Waals surface area contributed by atoms with Crippen LogP contribution in [-0.4, -0.2) is 52.4 Å². The smallest absolute Gasteiger partial charge is 0.415 e. The fourth-order valence-corrected chi connectivity index (χ4v) is 4.21. The lowest BCUT2D eigenvalue weighted by molar-refractivity contribution is -0.384. The van der Waals surface area contributed by atoms with E-state index in [-0.39, 0.29) is 23.0 Å². The molecule has 0 aliphatic carbocycles. The van der Waals surface area contributed by atoms with E-state index in [4.69, 9.17) is 19.9 Å². The molecule has 0 bridgehead atoms. The van der Waals surface area contributed by atoms with Gasteiger partial charge in [-0.3, -0.25) is 15.2 Å². The lowest BCUT2D eigenvalue weighted by atomic mass is 9.83. The van der Waals surface area contributed by atoms with Crippen LogP contribution < -0.4 is 15.2 Å². The molecule has 0 spiro atoms. The molecule has 3 heterocycles. The van der Waals surface area contributed by atoms with Crippen LogP contribution in [-0.2, 0) is 4.74 Å². The van der Waals surface area contributed by atoms with Gasteiger partial charge in [-0.1, -0.05) is 24.3 Å². The van der Waals surface area contributed by atoms with Crippen molar-refractivity contribution in [2.45, 2.75) is 5.92 Å². The van der Waals surface area contributed by atoms with Crippen molar-refractivity contribution in [1.29, 1.82) is 5.26 Å². The van der Waals surface area contributed by atoms with Gasteiger partial charge in [-0.15, -0.1) is 5.10 Å². The van der Waals surface area contributed by atoms with Gasteiger partial charge in [0.05, 0.1) is 35.3 Å². The number of aromatic amines is 1. The van der Waals surface area contributed by atoms with Crippen LogP contribution in [0.5, 0.6) is 11.6 Å². The molecule has 1 unspecified atom stereocenters. The summed E-state index contributed by atoms with van der Waals surface area (Å²) in [5.74, 6) is -0.254. The molecule has 182 valence electrons. The lowest BCUT2D eigenvalue weighted by Crippen LogP contribution is -2.42. The summed E-state index contributed by atoms with van der Waals surface area (Å²) in [6.45, 7) is 1.83.